The number of hydrogen-bond donors (Lipinski definition) is 0. The Morgan fingerprint density at radius 3 is 1.03 bits per heavy atom. The monoisotopic (exact) mass is 682 g/mol. The molecule has 1 saturated carbocycles. The lowest BCUT2D eigenvalue weighted by Crippen LogP contribution is -2.50. The second kappa shape index (κ2) is 8.63. The smallest absolute Gasteiger partial charge is 0.238 e. The zero-order valence-corrected chi connectivity index (χ0v) is 21.7. The number of benzene rings is 2. The Hall–Kier alpha value is -2.48. The van der Waals surface area contributed by atoms with E-state index in [1.54, 1.807) is 48.5 Å². The van der Waals surface area contributed by atoms with Crippen molar-refractivity contribution in [3.63, 3.8) is 0 Å². The van der Waals surface area contributed by atoms with Crippen LogP contribution in [-0.4, -0.2) is 36.2 Å². The largest absolute Gasteiger partial charge is 0.303 e. The minimum atomic E-state index is -1.19. The van der Waals surface area contributed by atoms with Crippen LogP contribution in [-0.2, 0) is 28.8 Å². The lowest BCUT2D eigenvalue weighted by Gasteiger charge is -2.37. The molecule has 8 nitrogen and oxygen atoms in total. The predicted octanol–water partition coefficient (Wildman–Crippen LogP) is 2.45. The highest BCUT2D eigenvalue weighted by molar-refractivity contribution is 14.1. The minimum Gasteiger partial charge on any atom is -0.303 e. The van der Waals surface area contributed by atoms with Crippen LogP contribution >= 0.6 is 45.2 Å². The Balaban J connectivity index is 1.59. The molecule has 3 aliphatic rings. The van der Waals surface area contributed by atoms with Gasteiger partial charge in [-0.2, -0.15) is 0 Å². The molecule has 5 rings (SSSR count). The molecular formula is C24H16I2N2O6. The number of nitrogens with zero attached hydrogens (tertiary/aromatic N) is 2. The molecule has 2 heterocycles. The Kier molecular flexibility index (Phi) is 5.91. The minimum absolute atomic E-state index is 0.322. The average Bonchev–Trinajstić information content (AvgIpc) is 3.24. The number of anilines is 2. The summed E-state index contributed by atoms with van der Waals surface area (Å²) in [6.45, 7) is 0. The van der Waals surface area contributed by atoms with Crippen LogP contribution in [0.5, 0.6) is 0 Å². The summed E-state index contributed by atoms with van der Waals surface area (Å²) >= 11 is 4.18. The molecule has 1 aliphatic carbocycles. The summed E-state index contributed by atoms with van der Waals surface area (Å²) < 4.78 is 1.80. The number of amides is 4. The van der Waals surface area contributed by atoms with Gasteiger partial charge in [0.25, 0.3) is 0 Å². The van der Waals surface area contributed by atoms with Crippen molar-refractivity contribution in [3.8, 4) is 0 Å². The topological polar surface area (TPSA) is 109 Å². The van der Waals surface area contributed by atoms with Gasteiger partial charge < -0.3 is 9.59 Å². The molecule has 0 radical (unpaired) electrons. The second-order valence-electron chi connectivity index (χ2n) is 8.51. The number of imide groups is 2. The van der Waals surface area contributed by atoms with Gasteiger partial charge in [-0.25, -0.2) is 0 Å². The molecule has 4 amide bonds. The van der Waals surface area contributed by atoms with Crippen molar-refractivity contribution in [2.45, 2.75) is 0 Å². The van der Waals surface area contributed by atoms with Crippen molar-refractivity contribution in [1.82, 2.24) is 0 Å². The summed E-state index contributed by atoms with van der Waals surface area (Å²) in [4.78, 5) is 80.3. The molecule has 0 N–H and O–H groups in total. The summed E-state index contributed by atoms with van der Waals surface area (Å²) in [5.74, 6) is -9.66. The molecule has 10 heteroatoms. The molecule has 0 spiro atoms. The number of hydrogen-bond acceptors (Lipinski definition) is 6. The van der Waals surface area contributed by atoms with Gasteiger partial charge in [0.2, 0.25) is 23.6 Å². The Labute approximate surface area is 221 Å². The first-order valence-electron chi connectivity index (χ1n) is 10.5. The quantitative estimate of drug-likeness (QED) is 0.279. The zero-order chi connectivity index (χ0) is 24.3. The van der Waals surface area contributed by atoms with Crippen molar-refractivity contribution in [3.05, 3.63) is 55.7 Å². The van der Waals surface area contributed by atoms with E-state index in [0.717, 1.165) is 16.9 Å². The summed E-state index contributed by atoms with van der Waals surface area (Å²) in [7, 11) is 0. The molecule has 2 aromatic rings. The van der Waals surface area contributed by atoms with Crippen LogP contribution in [0.1, 0.15) is 0 Å². The van der Waals surface area contributed by atoms with Crippen LogP contribution in [0.3, 0.4) is 0 Å². The van der Waals surface area contributed by atoms with E-state index in [1.165, 1.54) is 0 Å². The maximum Gasteiger partial charge on any atom is 0.238 e. The van der Waals surface area contributed by atoms with Gasteiger partial charge in [0.05, 0.1) is 35.0 Å². The van der Waals surface area contributed by atoms with E-state index in [0.29, 0.717) is 23.9 Å². The van der Waals surface area contributed by atoms with Crippen LogP contribution in [0.4, 0.5) is 11.4 Å². The van der Waals surface area contributed by atoms with Gasteiger partial charge in [-0.3, -0.25) is 29.0 Å². The maximum absolute atomic E-state index is 13.4. The number of halogens is 2. The van der Waals surface area contributed by atoms with Gasteiger partial charge >= 0.3 is 0 Å². The first kappa shape index (κ1) is 23.3. The lowest BCUT2D eigenvalue weighted by atomic mass is 9.59. The second-order valence-corrected chi connectivity index (χ2v) is 11.0. The van der Waals surface area contributed by atoms with Crippen LogP contribution < -0.4 is 9.80 Å². The van der Waals surface area contributed by atoms with E-state index in [9.17, 15) is 28.8 Å². The Bertz CT molecular complexity index is 1100. The molecule has 172 valence electrons. The maximum atomic E-state index is 13.4. The Morgan fingerprint density at radius 1 is 0.529 bits per heavy atom. The van der Waals surface area contributed by atoms with Crippen molar-refractivity contribution >= 4 is 92.8 Å². The van der Waals surface area contributed by atoms with Gasteiger partial charge in [0, 0.05) is 19.0 Å². The van der Waals surface area contributed by atoms with Crippen LogP contribution in [0.25, 0.3) is 0 Å². The van der Waals surface area contributed by atoms with Gasteiger partial charge in [-0.1, -0.05) is 0 Å². The normalized spacial score (nSPS) is 30.4. The summed E-state index contributed by atoms with van der Waals surface area (Å²) in [6, 6.07) is 13.3. The SMILES string of the molecule is O=CC1C2C(=O)N(c3ccc(I)cc3)C(=O)C2C(C=O)C2C(=O)N(c3ccc(I)cc3)C(=O)C12. The van der Waals surface area contributed by atoms with E-state index in [2.05, 4.69) is 45.2 Å². The molecule has 4 atom stereocenters. The highest BCUT2D eigenvalue weighted by Crippen LogP contribution is 2.53. The van der Waals surface area contributed by atoms with Crippen LogP contribution in [0.15, 0.2) is 48.5 Å². The fourth-order valence-electron chi connectivity index (χ4n) is 5.52. The standard InChI is InChI=1S/C24H16I2N2O6/c25-11-1-5-13(6-2-11)27-21(31)17-15(9-29)19-20(16(10-30)18(17)22(27)32)24(34)28(23(19)33)14-7-3-12(26)4-8-14/h1-10,15-20H. The van der Waals surface area contributed by atoms with Crippen molar-refractivity contribution < 1.29 is 28.8 Å². The third-order valence-corrected chi connectivity index (χ3v) is 8.38. The number of aldehydes is 2. The number of rotatable bonds is 4. The molecular weight excluding hydrogens is 666 g/mol. The lowest BCUT2D eigenvalue weighted by molar-refractivity contribution is -0.146. The summed E-state index contributed by atoms with van der Waals surface area (Å²) in [5, 5.41) is 0. The molecule has 34 heavy (non-hydrogen) atoms. The van der Waals surface area contributed by atoms with Crippen molar-refractivity contribution in [2.24, 2.45) is 35.5 Å². The van der Waals surface area contributed by atoms with E-state index < -0.39 is 59.1 Å². The number of carbonyl (C=O) groups excluding carboxylic acids is 6. The van der Waals surface area contributed by atoms with Gasteiger partial charge in [0.1, 0.15) is 12.6 Å². The van der Waals surface area contributed by atoms with Crippen molar-refractivity contribution in [2.75, 3.05) is 9.80 Å². The molecule has 0 aromatic heterocycles. The van der Waals surface area contributed by atoms with E-state index in [-0.39, 0.29) is 0 Å². The molecule has 2 aromatic carbocycles. The summed E-state index contributed by atoms with van der Waals surface area (Å²) in [6.07, 6.45) is 0.975. The number of fused-ring (bicyclic) bond motifs is 2. The molecule has 4 unspecified atom stereocenters. The molecule has 3 fully saturated rings. The highest BCUT2D eigenvalue weighted by atomic mass is 127. The third-order valence-electron chi connectivity index (χ3n) is 6.94. The first-order chi connectivity index (χ1) is 16.3. The molecule has 0 bridgehead atoms. The van der Waals surface area contributed by atoms with E-state index in [1.807, 2.05) is 0 Å². The molecule has 2 aliphatic heterocycles. The average molecular weight is 682 g/mol. The fraction of sp³-hybridized carbons (Fsp3) is 0.250. The van der Waals surface area contributed by atoms with Gasteiger partial charge in [-0.05, 0) is 93.7 Å². The van der Waals surface area contributed by atoms with Crippen molar-refractivity contribution in [1.29, 1.82) is 0 Å². The van der Waals surface area contributed by atoms with Gasteiger partial charge in [0.15, 0.2) is 0 Å². The van der Waals surface area contributed by atoms with Crippen LogP contribution in [0, 0.1) is 42.6 Å². The summed E-state index contributed by atoms with van der Waals surface area (Å²) in [5.41, 5.74) is 0.643. The highest BCUT2D eigenvalue weighted by Gasteiger charge is 2.68. The third kappa shape index (κ3) is 3.28. The fourth-order valence-corrected chi connectivity index (χ4v) is 6.24. The van der Waals surface area contributed by atoms with E-state index >= 15 is 0 Å². The zero-order valence-electron chi connectivity index (χ0n) is 17.3. The predicted molar refractivity (Wildman–Crippen MR) is 136 cm³/mol. The van der Waals surface area contributed by atoms with Gasteiger partial charge in [-0.15, -0.1) is 0 Å². The molecule has 2 saturated heterocycles. The van der Waals surface area contributed by atoms with E-state index in [4.69, 9.17) is 0 Å². The van der Waals surface area contributed by atoms with Crippen LogP contribution in [0.2, 0.25) is 0 Å². The first-order valence-corrected chi connectivity index (χ1v) is 12.6. The Morgan fingerprint density at radius 2 is 0.794 bits per heavy atom. The number of carbonyl (C=O) groups is 6.